The number of carbonyl (C=O) groups is 1. The van der Waals surface area contributed by atoms with Gasteiger partial charge in [-0.15, -0.1) is 0 Å². The second kappa shape index (κ2) is 8.55. The van der Waals surface area contributed by atoms with Gasteiger partial charge >= 0.3 is 0 Å². The molecule has 1 amide bonds. The van der Waals surface area contributed by atoms with E-state index in [0.29, 0.717) is 23.5 Å². The maximum absolute atomic E-state index is 12.8. The van der Waals surface area contributed by atoms with Crippen LogP contribution in [0.25, 0.3) is 0 Å². The minimum absolute atomic E-state index is 0.315. The molecule has 0 heterocycles. The molecule has 2 rings (SSSR count). The molecule has 0 unspecified atom stereocenters. The molecule has 6 nitrogen and oxygen atoms in total. The van der Waals surface area contributed by atoms with Crippen molar-refractivity contribution in [2.75, 3.05) is 23.0 Å². The number of para-hydroxylation sites is 1. The highest BCUT2D eigenvalue weighted by Crippen LogP contribution is 2.27. The van der Waals surface area contributed by atoms with E-state index in [0.717, 1.165) is 15.0 Å². The molecule has 1 N–H and O–H groups in total. The Morgan fingerprint density at radius 2 is 1.81 bits per heavy atom. The van der Waals surface area contributed by atoms with Crippen LogP contribution in [-0.4, -0.2) is 33.7 Å². The van der Waals surface area contributed by atoms with Gasteiger partial charge in [0.15, 0.2) is 0 Å². The second-order valence-electron chi connectivity index (χ2n) is 5.65. The van der Waals surface area contributed by atoms with Crippen molar-refractivity contribution in [2.45, 2.75) is 19.4 Å². The molecule has 0 radical (unpaired) electrons. The van der Waals surface area contributed by atoms with Crippen molar-refractivity contribution in [1.29, 1.82) is 0 Å². The number of rotatable bonds is 7. The predicted octanol–water partition coefficient (Wildman–Crippen LogP) is 3.64. The number of methoxy groups -OCH3 is 1. The fraction of sp³-hybridized carbons (Fsp3) is 0.278. The Kier molecular flexibility index (Phi) is 6.66. The fourth-order valence-electron chi connectivity index (χ4n) is 2.57. The third-order valence-electron chi connectivity index (χ3n) is 3.79. The highest BCUT2D eigenvalue weighted by molar-refractivity contribution is 9.10. The van der Waals surface area contributed by atoms with Gasteiger partial charge in [-0.05, 0) is 58.7 Å². The molecule has 0 saturated heterocycles. The monoisotopic (exact) mass is 440 g/mol. The third-order valence-corrected chi connectivity index (χ3v) is 5.66. The number of hydrogen-bond acceptors (Lipinski definition) is 4. The number of hydrogen-bond donors (Lipinski definition) is 1. The molecule has 0 saturated carbocycles. The van der Waals surface area contributed by atoms with E-state index in [1.54, 1.807) is 49.4 Å². The summed E-state index contributed by atoms with van der Waals surface area (Å²) in [6, 6.07) is 12.8. The number of nitrogens with one attached hydrogen (secondary N) is 1. The smallest absolute Gasteiger partial charge is 0.248 e. The maximum Gasteiger partial charge on any atom is 0.248 e. The Balaban J connectivity index is 2.37. The Bertz CT molecular complexity index is 869. The van der Waals surface area contributed by atoms with Crippen molar-refractivity contribution < 1.29 is 17.9 Å². The lowest BCUT2D eigenvalue weighted by molar-refractivity contribution is -0.117. The number of halogens is 1. The molecule has 2 aromatic carbocycles. The van der Waals surface area contributed by atoms with Gasteiger partial charge in [0, 0.05) is 4.47 Å². The van der Waals surface area contributed by atoms with E-state index in [1.807, 2.05) is 6.07 Å². The van der Waals surface area contributed by atoms with Crippen molar-refractivity contribution in [1.82, 2.24) is 0 Å². The average Bonchev–Trinajstić information content (AvgIpc) is 2.60. The number of anilines is 2. The summed E-state index contributed by atoms with van der Waals surface area (Å²) >= 11 is 3.37. The molecule has 0 aliphatic carbocycles. The van der Waals surface area contributed by atoms with Crippen LogP contribution in [0.15, 0.2) is 53.0 Å². The molecular weight excluding hydrogens is 420 g/mol. The Labute approximate surface area is 162 Å². The lowest BCUT2D eigenvalue weighted by atomic mass is 10.1. The molecule has 0 aliphatic rings. The second-order valence-corrected chi connectivity index (χ2v) is 8.36. The highest BCUT2D eigenvalue weighted by Gasteiger charge is 2.31. The van der Waals surface area contributed by atoms with E-state index in [9.17, 15) is 13.2 Å². The van der Waals surface area contributed by atoms with Crippen LogP contribution in [0.5, 0.6) is 5.75 Å². The summed E-state index contributed by atoms with van der Waals surface area (Å²) in [7, 11) is -2.15. The van der Waals surface area contributed by atoms with Crippen LogP contribution in [0.4, 0.5) is 11.4 Å². The number of nitrogens with zero attached hydrogens (tertiary/aromatic N) is 1. The van der Waals surface area contributed by atoms with Gasteiger partial charge in [0.25, 0.3) is 0 Å². The largest absolute Gasteiger partial charge is 0.497 e. The summed E-state index contributed by atoms with van der Waals surface area (Å²) in [6.07, 6.45) is 1.40. The number of benzene rings is 2. The van der Waals surface area contributed by atoms with Gasteiger partial charge in [-0.3, -0.25) is 9.10 Å². The summed E-state index contributed by atoms with van der Waals surface area (Å²) in [5.41, 5.74) is 0.988. The maximum atomic E-state index is 12.8. The lowest BCUT2D eigenvalue weighted by Crippen LogP contribution is -2.47. The zero-order chi connectivity index (χ0) is 19.3. The van der Waals surface area contributed by atoms with Crippen LogP contribution in [0.1, 0.15) is 13.3 Å². The predicted molar refractivity (Wildman–Crippen MR) is 107 cm³/mol. The van der Waals surface area contributed by atoms with E-state index in [-0.39, 0.29) is 0 Å². The van der Waals surface area contributed by atoms with Crippen LogP contribution in [0.3, 0.4) is 0 Å². The Morgan fingerprint density at radius 1 is 1.19 bits per heavy atom. The normalized spacial score (nSPS) is 12.3. The quantitative estimate of drug-likeness (QED) is 0.712. The molecule has 2 aromatic rings. The molecule has 0 aliphatic heterocycles. The molecule has 26 heavy (non-hydrogen) atoms. The summed E-state index contributed by atoms with van der Waals surface area (Å²) in [5.74, 6) is 0.202. The van der Waals surface area contributed by atoms with Crippen LogP contribution in [0, 0.1) is 0 Å². The SMILES string of the molecule is CC[C@H](C(=O)Nc1ccccc1Br)N(c1ccc(OC)cc1)S(C)(=O)=O. The molecule has 1 atom stereocenters. The van der Waals surface area contributed by atoms with E-state index in [2.05, 4.69) is 21.2 Å². The van der Waals surface area contributed by atoms with Gasteiger partial charge in [-0.25, -0.2) is 8.42 Å². The van der Waals surface area contributed by atoms with Crippen molar-refractivity contribution >= 4 is 43.2 Å². The van der Waals surface area contributed by atoms with Crippen molar-refractivity contribution in [2.24, 2.45) is 0 Å². The van der Waals surface area contributed by atoms with Crippen LogP contribution >= 0.6 is 15.9 Å². The van der Waals surface area contributed by atoms with Gasteiger partial charge < -0.3 is 10.1 Å². The van der Waals surface area contributed by atoms with Gasteiger partial charge in [-0.2, -0.15) is 0 Å². The first-order valence-corrected chi connectivity index (χ1v) is 10.6. The van der Waals surface area contributed by atoms with E-state index in [1.165, 1.54) is 7.11 Å². The zero-order valence-electron chi connectivity index (χ0n) is 14.8. The van der Waals surface area contributed by atoms with Gasteiger partial charge in [-0.1, -0.05) is 19.1 Å². The first kappa shape index (κ1) is 20.3. The molecule has 0 bridgehead atoms. The molecule has 8 heteroatoms. The van der Waals surface area contributed by atoms with Gasteiger partial charge in [0.05, 0.1) is 24.7 Å². The van der Waals surface area contributed by atoms with Crippen molar-refractivity contribution in [3.63, 3.8) is 0 Å². The Hall–Kier alpha value is -2.06. The van der Waals surface area contributed by atoms with Crippen LogP contribution in [-0.2, 0) is 14.8 Å². The first-order chi connectivity index (χ1) is 12.3. The number of ether oxygens (including phenoxy) is 1. The van der Waals surface area contributed by atoms with Crippen molar-refractivity contribution in [3.8, 4) is 5.75 Å². The highest BCUT2D eigenvalue weighted by atomic mass is 79.9. The number of amides is 1. The summed E-state index contributed by atoms with van der Waals surface area (Å²) in [6.45, 7) is 1.77. The van der Waals surface area contributed by atoms with E-state index < -0.39 is 22.0 Å². The summed E-state index contributed by atoms with van der Waals surface area (Å²) < 4.78 is 31.8. The molecule has 0 fully saturated rings. The molecular formula is C18H21BrN2O4S. The third kappa shape index (κ3) is 4.76. The van der Waals surface area contributed by atoms with E-state index >= 15 is 0 Å². The topological polar surface area (TPSA) is 75.7 Å². The standard InChI is InChI=1S/C18H21BrN2O4S/c1-4-17(18(22)20-16-8-6-5-7-15(16)19)21(26(3,23)24)13-9-11-14(25-2)12-10-13/h5-12,17H,4H2,1-3H3,(H,20,22)/t17-/m1/s1. The van der Waals surface area contributed by atoms with Gasteiger partial charge in [0.1, 0.15) is 11.8 Å². The number of sulfonamides is 1. The first-order valence-electron chi connectivity index (χ1n) is 7.96. The van der Waals surface area contributed by atoms with Gasteiger partial charge in [0.2, 0.25) is 15.9 Å². The fourth-order valence-corrected chi connectivity index (χ4v) is 4.16. The summed E-state index contributed by atoms with van der Waals surface area (Å²) in [5, 5.41) is 2.79. The van der Waals surface area contributed by atoms with Crippen LogP contribution < -0.4 is 14.4 Å². The van der Waals surface area contributed by atoms with Crippen molar-refractivity contribution in [3.05, 3.63) is 53.0 Å². The minimum atomic E-state index is -3.68. The van der Waals surface area contributed by atoms with Crippen LogP contribution in [0.2, 0.25) is 0 Å². The number of carbonyl (C=O) groups excluding carboxylic acids is 1. The summed E-state index contributed by atoms with van der Waals surface area (Å²) in [4.78, 5) is 12.8. The molecule has 0 spiro atoms. The molecule has 0 aromatic heterocycles. The Morgan fingerprint density at radius 3 is 2.31 bits per heavy atom. The molecule has 140 valence electrons. The zero-order valence-corrected chi connectivity index (χ0v) is 17.2. The average molecular weight is 441 g/mol. The lowest BCUT2D eigenvalue weighted by Gasteiger charge is -2.30. The van der Waals surface area contributed by atoms with E-state index in [4.69, 9.17) is 4.74 Å². The minimum Gasteiger partial charge on any atom is -0.497 e.